The fourth-order valence-corrected chi connectivity index (χ4v) is 1.90. The van der Waals surface area contributed by atoms with E-state index in [-0.39, 0.29) is 0 Å². The van der Waals surface area contributed by atoms with Crippen LogP contribution in [0.15, 0.2) is 12.2 Å². The van der Waals surface area contributed by atoms with E-state index in [1.165, 1.54) is 64.2 Å². The van der Waals surface area contributed by atoms with Crippen LogP contribution in [0.4, 0.5) is 0 Å². The van der Waals surface area contributed by atoms with Crippen molar-refractivity contribution in [3.8, 4) is 0 Å². The summed E-state index contributed by atoms with van der Waals surface area (Å²) in [6.45, 7) is 6.90. The standard InChI is InChI=1S/C16H32/c1-4-5-6-7-8-9-10-11-12-13-14-15-16(2)3/h7-8,16H,4-6,9-15H2,1-3H3/b8-7-. The van der Waals surface area contributed by atoms with Crippen molar-refractivity contribution in [2.24, 2.45) is 5.92 Å². The molecule has 0 aromatic rings. The topological polar surface area (TPSA) is 0 Å². The lowest BCUT2D eigenvalue weighted by atomic mass is 10.0. The fraction of sp³-hybridized carbons (Fsp3) is 0.875. The third kappa shape index (κ3) is 13.7. The molecule has 0 aliphatic carbocycles. The Balaban J connectivity index is 3.01. The quantitative estimate of drug-likeness (QED) is 0.293. The molecule has 0 saturated heterocycles. The summed E-state index contributed by atoms with van der Waals surface area (Å²) in [5.41, 5.74) is 0. The summed E-state index contributed by atoms with van der Waals surface area (Å²) in [5, 5.41) is 0. The maximum absolute atomic E-state index is 2.38. The molecule has 0 aliphatic heterocycles. The van der Waals surface area contributed by atoms with Crippen LogP contribution in [0.3, 0.4) is 0 Å². The van der Waals surface area contributed by atoms with Crippen LogP contribution >= 0.6 is 0 Å². The molecule has 0 nitrogen and oxygen atoms in total. The van der Waals surface area contributed by atoms with Gasteiger partial charge < -0.3 is 0 Å². The highest BCUT2D eigenvalue weighted by molar-refractivity contribution is 4.81. The van der Waals surface area contributed by atoms with Crippen molar-refractivity contribution < 1.29 is 0 Å². The molecule has 16 heavy (non-hydrogen) atoms. The van der Waals surface area contributed by atoms with Gasteiger partial charge in [-0.2, -0.15) is 0 Å². The normalized spacial score (nSPS) is 11.8. The van der Waals surface area contributed by atoms with E-state index in [0.717, 1.165) is 5.92 Å². The smallest absolute Gasteiger partial charge is 0.0351 e. The van der Waals surface area contributed by atoms with Crippen molar-refractivity contribution in [2.75, 3.05) is 0 Å². The Morgan fingerprint density at radius 1 is 0.750 bits per heavy atom. The molecule has 0 saturated carbocycles. The molecule has 0 fully saturated rings. The van der Waals surface area contributed by atoms with Gasteiger partial charge >= 0.3 is 0 Å². The van der Waals surface area contributed by atoms with Crippen molar-refractivity contribution in [3.05, 3.63) is 12.2 Å². The molecule has 0 spiro atoms. The lowest BCUT2D eigenvalue weighted by Crippen LogP contribution is -1.86. The molecule has 0 heterocycles. The van der Waals surface area contributed by atoms with E-state index < -0.39 is 0 Å². The van der Waals surface area contributed by atoms with Crippen LogP contribution in [0, 0.1) is 5.92 Å². The molecule has 0 unspecified atom stereocenters. The second-order valence-electron chi connectivity index (χ2n) is 5.35. The largest absolute Gasteiger partial charge is 0.0885 e. The number of hydrogen-bond donors (Lipinski definition) is 0. The van der Waals surface area contributed by atoms with E-state index in [9.17, 15) is 0 Å². The molecule has 0 amide bonds. The van der Waals surface area contributed by atoms with Crippen LogP contribution in [-0.4, -0.2) is 0 Å². The van der Waals surface area contributed by atoms with Crippen LogP contribution in [0.25, 0.3) is 0 Å². The summed E-state index contributed by atoms with van der Waals surface area (Å²) in [5.74, 6) is 0.890. The Morgan fingerprint density at radius 2 is 1.31 bits per heavy atom. The van der Waals surface area contributed by atoms with Crippen molar-refractivity contribution in [3.63, 3.8) is 0 Å². The van der Waals surface area contributed by atoms with Crippen molar-refractivity contribution in [1.82, 2.24) is 0 Å². The summed E-state index contributed by atoms with van der Waals surface area (Å²) in [6.07, 6.45) is 18.5. The monoisotopic (exact) mass is 224 g/mol. The Hall–Kier alpha value is -0.260. The van der Waals surface area contributed by atoms with E-state index in [1.54, 1.807) is 0 Å². The molecule has 96 valence electrons. The Bertz CT molecular complexity index is 144. The third-order valence-corrected chi connectivity index (χ3v) is 3.04. The molecule has 0 N–H and O–H groups in total. The minimum absolute atomic E-state index is 0.890. The van der Waals surface area contributed by atoms with Gasteiger partial charge in [0.15, 0.2) is 0 Å². The number of rotatable bonds is 11. The summed E-state index contributed by atoms with van der Waals surface area (Å²) in [7, 11) is 0. The van der Waals surface area contributed by atoms with Gasteiger partial charge in [-0.25, -0.2) is 0 Å². The van der Waals surface area contributed by atoms with Crippen LogP contribution < -0.4 is 0 Å². The molecule has 0 heteroatoms. The minimum Gasteiger partial charge on any atom is -0.0885 e. The highest BCUT2D eigenvalue weighted by Crippen LogP contribution is 2.11. The average Bonchev–Trinajstić information content (AvgIpc) is 2.25. The molecule has 0 bridgehead atoms. The SMILES string of the molecule is CCCC/C=C\CCCCCCCC(C)C. The number of allylic oxidation sites excluding steroid dienone is 2. The Labute approximate surface area is 104 Å². The van der Waals surface area contributed by atoms with Crippen molar-refractivity contribution in [1.29, 1.82) is 0 Å². The van der Waals surface area contributed by atoms with Gasteiger partial charge in [-0.1, -0.05) is 77.9 Å². The van der Waals surface area contributed by atoms with Gasteiger partial charge in [0.2, 0.25) is 0 Å². The highest BCUT2D eigenvalue weighted by atomic mass is 14.0. The van der Waals surface area contributed by atoms with E-state index in [0.29, 0.717) is 0 Å². The summed E-state index contributed by atoms with van der Waals surface area (Å²) >= 11 is 0. The first kappa shape index (κ1) is 15.7. The van der Waals surface area contributed by atoms with Gasteiger partial charge in [-0.05, 0) is 25.2 Å². The molecule has 0 rings (SSSR count). The zero-order valence-electron chi connectivity index (χ0n) is 11.8. The molecule has 0 aliphatic rings. The second-order valence-corrected chi connectivity index (χ2v) is 5.35. The van der Waals surface area contributed by atoms with E-state index in [1.807, 2.05) is 0 Å². The van der Waals surface area contributed by atoms with Gasteiger partial charge in [-0.15, -0.1) is 0 Å². The first-order chi connectivity index (χ1) is 7.77. The van der Waals surface area contributed by atoms with Gasteiger partial charge in [0.05, 0.1) is 0 Å². The van der Waals surface area contributed by atoms with Crippen LogP contribution in [-0.2, 0) is 0 Å². The molecule has 0 aromatic heterocycles. The first-order valence-electron chi connectivity index (χ1n) is 7.42. The average molecular weight is 224 g/mol. The lowest BCUT2D eigenvalue weighted by molar-refractivity contribution is 0.516. The molecular formula is C16H32. The number of unbranched alkanes of at least 4 members (excludes halogenated alkanes) is 7. The molecular weight excluding hydrogens is 192 g/mol. The van der Waals surface area contributed by atoms with Crippen LogP contribution in [0.1, 0.15) is 85.0 Å². The second kappa shape index (κ2) is 12.8. The van der Waals surface area contributed by atoms with Crippen molar-refractivity contribution in [2.45, 2.75) is 85.0 Å². The summed E-state index contributed by atoms with van der Waals surface area (Å²) < 4.78 is 0. The zero-order valence-corrected chi connectivity index (χ0v) is 11.8. The lowest BCUT2D eigenvalue weighted by Gasteiger charge is -2.03. The highest BCUT2D eigenvalue weighted by Gasteiger charge is 1.93. The predicted molar refractivity (Wildman–Crippen MR) is 75.8 cm³/mol. The summed E-state index contributed by atoms with van der Waals surface area (Å²) in [4.78, 5) is 0. The maximum Gasteiger partial charge on any atom is -0.0351 e. The third-order valence-electron chi connectivity index (χ3n) is 3.04. The van der Waals surface area contributed by atoms with Gasteiger partial charge in [0, 0.05) is 0 Å². The molecule has 0 atom stereocenters. The minimum atomic E-state index is 0.890. The van der Waals surface area contributed by atoms with E-state index in [4.69, 9.17) is 0 Å². The predicted octanol–water partition coefficient (Wildman–Crippen LogP) is 6.12. The zero-order chi connectivity index (χ0) is 12.1. The van der Waals surface area contributed by atoms with E-state index >= 15 is 0 Å². The molecule has 0 aromatic carbocycles. The van der Waals surface area contributed by atoms with Crippen LogP contribution in [0.5, 0.6) is 0 Å². The molecule has 0 radical (unpaired) electrons. The maximum atomic E-state index is 2.38. The first-order valence-corrected chi connectivity index (χ1v) is 7.42. The fourth-order valence-electron chi connectivity index (χ4n) is 1.90. The Morgan fingerprint density at radius 3 is 1.94 bits per heavy atom. The van der Waals surface area contributed by atoms with Gasteiger partial charge in [0.25, 0.3) is 0 Å². The van der Waals surface area contributed by atoms with Gasteiger partial charge in [0.1, 0.15) is 0 Å². The van der Waals surface area contributed by atoms with Gasteiger partial charge in [-0.3, -0.25) is 0 Å². The Kier molecular flexibility index (Phi) is 12.6. The number of hydrogen-bond acceptors (Lipinski definition) is 0. The summed E-state index contributed by atoms with van der Waals surface area (Å²) in [6, 6.07) is 0. The van der Waals surface area contributed by atoms with E-state index in [2.05, 4.69) is 32.9 Å². The van der Waals surface area contributed by atoms with Crippen LogP contribution in [0.2, 0.25) is 0 Å². The van der Waals surface area contributed by atoms with Crippen molar-refractivity contribution >= 4 is 0 Å².